The Balaban J connectivity index is 3.21. The lowest BCUT2D eigenvalue weighted by molar-refractivity contribution is -0.384. The van der Waals surface area contributed by atoms with Crippen LogP contribution in [0.1, 0.15) is 0 Å². The van der Waals surface area contributed by atoms with Crippen molar-refractivity contribution in [2.24, 2.45) is 0 Å². The fourth-order valence-corrected chi connectivity index (χ4v) is 1.18. The monoisotopic (exact) mass is 222 g/mol. The second kappa shape index (κ2) is 4.27. The molecule has 0 aliphatic rings. The summed E-state index contributed by atoms with van der Waals surface area (Å²) in [6.45, 7) is 0. The second-order valence-electron chi connectivity index (χ2n) is 2.43. The molecule has 15 heavy (non-hydrogen) atoms. The van der Waals surface area contributed by atoms with E-state index in [9.17, 15) is 10.1 Å². The number of benzene rings is 1. The molecule has 0 aliphatic carbocycles. The van der Waals surface area contributed by atoms with Crippen molar-refractivity contribution in [2.45, 2.75) is 0 Å². The Hall–Kier alpha value is -2.31. The summed E-state index contributed by atoms with van der Waals surface area (Å²) in [7, 11) is 0. The molecule has 0 fully saturated rings. The zero-order valence-corrected chi connectivity index (χ0v) is 7.97. The highest BCUT2D eigenvalue weighted by atomic mass is 35.5. The summed E-state index contributed by atoms with van der Waals surface area (Å²) >= 11 is 5.68. The fourth-order valence-electron chi connectivity index (χ4n) is 0.921. The van der Waals surface area contributed by atoms with Crippen LogP contribution in [-0.2, 0) is 0 Å². The van der Waals surface area contributed by atoms with Crippen LogP contribution in [0, 0.1) is 33.0 Å². The van der Waals surface area contributed by atoms with Crippen molar-refractivity contribution in [3.8, 4) is 12.4 Å². The lowest BCUT2D eigenvalue weighted by Gasteiger charge is -2.06. The van der Waals surface area contributed by atoms with Crippen molar-refractivity contribution < 1.29 is 4.92 Å². The van der Waals surface area contributed by atoms with Gasteiger partial charge < -0.3 is 0 Å². The molecule has 0 bridgehead atoms. The third-order valence-electron chi connectivity index (χ3n) is 1.58. The minimum absolute atomic E-state index is 0.0210. The normalized spacial score (nSPS) is 8.73. The Morgan fingerprint density at radius 3 is 2.40 bits per heavy atom. The molecule has 6 nitrogen and oxygen atoms in total. The maximum absolute atomic E-state index is 10.4. The van der Waals surface area contributed by atoms with Gasteiger partial charge in [0.1, 0.15) is 0 Å². The SMILES string of the molecule is N#CN(C#N)c1ccc([N+](=O)[O-])cc1Cl. The number of non-ortho nitro benzene ring substituents is 1. The van der Waals surface area contributed by atoms with Crippen LogP contribution in [0.4, 0.5) is 11.4 Å². The Labute approximate surface area is 89.7 Å². The first kappa shape index (κ1) is 10.8. The van der Waals surface area contributed by atoms with Gasteiger partial charge in [0.25, 0.3) is 5.69 Å². The smallest absolute Gasteiger partial charge is 0.258 e. The Morgan fingerprint density at radius 2 is 2.00 bits per heavy atom. The molecule has 0 saturated heterocycles. The second-order valence-corrected chi connectivity index (χ2v) is 2.84. The number of hydrogen-bond donors (Lipinski definition) is 0. The molecular weight excluding hydrogens is 220 g/mol. The maximum atomic E-state index is 10.4. The van der Waals surface area contributed by atoms with Gasteiger partial charge in [0, 0.05) is 12.1 Å². The summed E-state index contributed by atoms with van der Waals surface area (Å²) in [4.78, 5) is 10.4. The van der Waals surface area contributed by atoms with Gasteiger partial charge in [0.05, 0.1) is 15.6 Å². The van der Waals surface area contributed by atoms with E-state index in [2.05, 4.69) is 0 Å². The zero-order chi connectivity index (χ0) is 11.4. The van der Waals surface area contributed by atoms with Gasteiger partial charge in [-0.25, -0.2) is 0 Å². The molecule has 0 saturated carbocycles. The number of nitro benzene ring substituents is 1. The van der Waals surface area contributed by atoms with E-state index in [-0.39, 0.29) is 16.4 Å². The standard InChI is InChI=1S/C8H3ClN4O2/c9-7-3-6(13(14)15)1-2-8(7)12(4-10)5-11/h1-3H. The first-order valence-corrected chi connectivity index (χ1v) is 4.01. The molecule has 0 aliphatic heterocycles. The summed E-state index contributed by atoms with van der Waals surface area (Å²) in [5.74, 6) is 0. The molecule has 0 heterocycles. The highest BCUT2D eigenvalue weighted by Crippen LogP contribution is 2.28. The molecule has 7 heteroatoms. The minimum atomic E-state index is -0.612. The van der Waals surface area contributed by atoms with Crippen molar-refractivity contribution in [2.75, 3.05) is 4.90 Å². The third-order valence-corrected chi connectivity index (χ3v) is 1.89. The lowest BCUT2D eigenvalue weighted by atomic mass is 10.2. The fraction of sp³-hybridized carbons (Fsp3) is 0. The molecule has 0 radical (unpaired) electrons. The van der Waals surface area contributed by atoms with Crippen LogP contribution in [0.15, 0.2) is 18.2 Å². The molecule has 0 N–H and O–H groups in total. The van der Waals surface area contributed by atoms with Crippen LogP contribution in [0.2, 0.25) is 5.02 Å². The molecule has 0 unspecified atom stereocenters. The van der Waals surface area contributed by atoms with Gasteiger partial charge in [0.2, 0.25) is 0 Å². The number of rotatable bonds is 2. The number of nitrogens with zero attached hydrogens (tertiary/aromatic N) is 4. The largest absolute Gasteiger partial charge is 0.271 e. The minimum Gasteiger partial charge on any atom is -0.258 e. The predicted molar refractivity (Wildman–Crippen MR) is 51.8 cm³/mol. The van der Waals surface area contributed by atoms with Gasteiger partial charge in [-0.2, -0.15) is 15.4 Å². The first-order chi connectivity index (χ1) is 7.10. The number of nitro groups is 1. The van der Waals surface area contributed by atoms with Crippen LogP contribution < -0.4 is 4.90 Å². The molecule has 0 atom stereocenters. The van der Waals surface area contributed by atoms with E-state index in [1.54, 1.807) is 12.4 Å². The van der Waals surface area contributed by atoms with E-state index in [0.29, 0.717) is 4.90 Å². The van der Waals surface area contributed by atoms with E-state index in [1.807, 2.05) is 0 Å². The number of hydrogen-bond acceptors (Lipinski definition) is 5. The molecule has 0 amide bonds. The number of anilines is 1. The lowest BCUT2D eigenvalue weighted by Crippen LogP contribution is -2.07. The molecular formula is C8H3ClN4O2. The van der Waals surface area contributed by atoms with Crippen molar-refractivity contribution in [1.29, 1.82) is 10.5 Å². The molecule has 1 rings (SSSR count). The van der Waals surface area contributed by atoms with Crippen molar-refractivity contribution >= 4 is 23.0 Å². The summed E-state index contributed by atoms with van der Waals surface area (Å²) in [6.07, 6.45) is 3.15. The quantitative estimate of drug-likeness (QED) is 0.330. The van der Waals surface area contributed by atoms with Gasteiger partial charge in [-0.1, -0.05) is 11.6 Å². The third kappa shape index (κ3) is 2.13. The van der Waals surface area contributed by atoms with Gasteiger partial charge in [-0.15, -0.1) is 0 Å². The van der Waals surface area contributed by atoms with Crippen molar-refractivity contribution in [3.63, 3.8) is 0 Å². The molecule has 1 aromatic carbocycles. The Bertz CT molecular complexity index is 474. The zero-order valence-electron chi connectivity index (χ0n) is 7.22. The van der Waals surface area contributed by atoms with Crippen LogP contribution in [-0.4, -0.2) is 4.92 Å². The topological polar surface area (TPSA) is 94.0 Å². The average Bonchev–Trinajstić information content (AvgIpc) is 2.21. The Morgan fingerprint density at radius 1 is 1.40 bits per heavy atom. The highest BCUT2D eigenvalue weighted by molar-refractivity contribution is 6.33. The van der Waals surface area contributed by atoms with E-state index < -0.39 is 4.92 Å². The highest BCUT2D eigenvalue weighted by Gasteiger charge is 2.13. The Kier molecular flexibility index (Phi) is 3.06. The molecule has 0 spiro atoms. The van der Waals surface area contributed by atoms with E-state index in [0.717, 1.165) is 6.07 Å². The average molecular weight is 223 g/mol. The summed E-state index contributed by atoms with van der Waals surface area (Å²) in [5.41, 5.74) is -0.0770. The maximum Gasteiger partial charge on any atom is 0.271 e. The number of nitriles is 2. The van der Waals surface area contributed by atoms with Crippen molar-refractivity contribution in [3.05, 3.63) is 33.3 Å². The summed E-state index contributed by atoms with van der Waals surface area (Å²) in [6, 6.07) is 3.49. The van der Waals surface area contributed by atoms with E-state index in [4.69, 9.17) is 22.1 Å². The summed E-state index contributed by atoms with van der Waals surface area (Å²) in [5, 5.41) is 27.4. The molecule has 1 aromatic rings. The van der Waals surface area contributed by atoms with Crippen LogP contribution in [0.25, 0.3) is 0 Å². The van der Waals surface area contributed by atoms with E-state index >= 15 is 0 Å². The summed E-state index contributed by atoms with van der Waals surface area (Å²) < 4.78 is 0. The first-order valence-electron chi connectivity index (χ1n) is 3.63. The predicted octanol–water partition coefficient (Wildman–Crippen LogP) is 2.02. The van der Waals surface area contributed by atoms with Gasteiger partial charge >= 0.3 is 0 Å². The van der Waals surface area contributed by atoms with E-state index in [1.165, 1.54) is 12.1 Å². The van der Waals surface area contributed by atoms with Crippen LogP contribution in [0.5, 0.6) is 0 Å². The van der Waals surface area contributed by atoms with Crippen LogP contribution >= 0.6 is 11.6 Å². The molecule has 74 valence electrons. The van der Waals surface area contributed by atoms with Crippen LogP contribution in [0.3, 0.4) is 0 Å². The molecule has 0 aromatic heterocycles. The van der Waals surface area contributed by atoms with Crippen molar-refractivity contribution in [1.82, 2.24) is 0 Å². The van der Waals surface area contributed by atoms with Gasteiger partial charge in [0.15, 0.2) is 12.4 Å². The van der Waals surface area contributed by atoms with Gasteiger partial charge in [-0.05, 0) is 6.07 Å². The van der Waals surface area contributed by atoms with Gasteiger partial charge in [-0.3, -0.25) is 10.1 Å². The number of halogens is 1.